The van der Waals surface area contributed by atoms with Crippen LogP contribution in [0.2, 0.25) is 0 Å². The van der Waals surface area contributed by atoms with Crippen LogP contribution >= 0.6 is 0 Å². The van der Waals surface area contributed by atoms with Gasteiger partial charge in [-0.25, -0.2) is 4.79 Å². The highest BCUT2D eigenvalue weighted by molar-refractivity contribution is 5.96. The van der Waals surface area contributed by atoms with Crippen LogP contribution in [-0.2, 0) is 20.5 Å². The van der Waals surface area contributed by atoms with Crippen LogP contribution in [0, 0.1) is 5.92 Å². The summed E-state index contributed by atoms with van der Waals surface area (Å²) in [4.78, 5) is 24.3. The number of ether oxygens (including phenoxy) is 1. The number of alkyl halides is 3. The first-order chi connectivity index (χ1) is 11.7. The van der Waals surface area contributed by atoms with Crippen LogP contribution in [0.15, 0.2) is 36.4 Å². The number of esters is 1. The molecule has 0 unspecified atom stereocenters. The van der Waals surface area contributed by atoms with Crippen molar-refractivity contribution >= 4 is 11.9 Å². The predicted molar refractivity (Wildman–Crippen MR) is 92.2 cm³/mol. The lowest BCUT2D eigenvalue weighted by molar-refractivity contribution is -0.151. The molecule has 2 atom stereocenters. The van der Waals surface area contributed by atoms with Gasteiger partial charge in [0.15, 0.2) is 0 Å². The third kappa shape index (κ3) is 6.20. The van der Waals surface area contributed by atoms with E-state index in [2.05, 4.69) is 11.9 Å². The van der Waals surface area contributed by atoms with Crippen LogP contribution in [0.5, 0.6) is 0 Å². The molecule has 0 aromatic heterocycles. The summed E-state index contributed by atoms with van der Waals surface area (Å²) < 4.78 is 43.0. The molecule has 0 aliphatic rings. The number of carbonyl (C=O) groups excluding carboxylic acids is 2. The minimum absolute atomic E-state index is 0.0112. The Hall–Kier alpha value is -2.31. The topological polar surface area (TPSA) is 55.4 Å². The van der Waals surface area contributed by atoms with Gasteiger partial charge < -0.3 is 10.1 Å². The third-order valence-corrected chi connectivity index (χ3v) is 3.67. The quantitative estimate of drug-likeness (QED) is 0.616. The fraction of sp³-hybridized carbons (Fsp3) is 0.474. The van der Waals surface area contributed by atoms with Crippen LogP contribution in [0.3, 0.4) is 0 Å². The highest BCUT2D eigenvalue weighted by Crippen LogP contribution is 2.30. The van der Waals surface area contributed by atoms with Gasteiger partial charge in [-0.1, -0.05) is 18.7 Å². The highest BCUT2D eigenvalue weighted by atomic mass is 19.4. The maximum Gasteiger partial charge on any atom is 0.416 e. The number of hydrogen-bond acceptors (Lipinski definition) is 3. The van der Waals surface area contributed by atoms with Crippen molar-refractivity contribution in [3.63, 3.8) is 0 Å². The first-order valence-electron chi connectivity index (χ1n) is 8.12. The van der Waals surface area contributed by atoms with Gasteiger partial charge in [0, 0.05) is 5.57 Å². The molecule has 0 bridgehead atoms. The number of halogens is 3. The second kappa shape index (κ2) is 7.93. The molecule has 1 aromatic carbocycles. The molecule has 0 saturated heterocycles. The highest BCUT2D eigenvalue weighted by Gasteiger charge is 2.30. The third-order valence-electron chi connectivity index (χ3n) is 3.67. The summed E-state index contributed by atoms with van der Waals surface area (Å²) in [6.45, 7) is 11.9. The van der Waals surface area contributed by atoms with Crippen molar-refractivity contribution in [2.24, 2.45) is 5.92 Å². The van der Waals surface area contributed by atoms with E-state index in [0.717, 1.165) is 12.1 Å². The molecule has 1 amide bonds. The van der Waals surface area contributed by atoms with E-state index in [0.29, 0.717) is 5.56 Å². The van der Waals surface area contributed by atoms with Crippen molar-refractivity contribution in [2.75, 3.05) is 0 Å². The van der Waals surface area contributed by atoms with E-state index in [9.17, 15) is 22.8 Å². The van der Waals surface area contributed by atoms with Gasteiger partial charge in [0.25, 0.3) is 0 Å². The fourth-order valence-corrected chi connectivity index (χ4v) is 2.06. The zero-order valence-corrected chi connectivity index (χ0v) is 15.5. The SMILES string of the molecule is C=C(C(=O)OC(C)(C)C)[C@H](C)C(=O)N[C@@H](C)c1ccc(C(F)(F)F)cc1. The standard InChI is InChI=1S/C19H24F3NO3/c1-11(12(2)17(25)26-18(4,5)6)16(24)23-13(3)14-7-9-15(10-8-14)19(20,21)22/h7-11,13H,2H2,1,3-6H3,(H,23,24)/t11-,13-/m0/s1. The lowest BCUT2D eigenvalue weighted by Crippen LogP contribution is -2.35. The molecule has 0 spiro atoms. The van der Waals surface area contributed by atoms with Crippen molar-refractivity contribution in [3.05, 3.63) is 47.5 Å². The number of amides is 1. The van der Waals surface area contributed by atoms with Gasteiger partial charge in [-0.05, 0) is 52.3 Å². The maximum absolute atomic E-state index is 12.6. The van der Waals surface area contributed by atoms with Crippen LogP contribution in [0.1, 0.15) is 51.8 Å². The molecule has 0 aliphatic carbocycles. The number of nitrogens with one attached hydrogen (secondary N) is 1. The monoisotopic (exact) mass is 371 g/mol. The Bertz CT molecular complexity index is 673. The molecule has 26 heavy (non-hydrogen) atoms. The van der Waals surface area contributed by atoms with Gasteiger partial charge in [-0.15, -0.1) is 0 Å². The largest absolute Gasteiger partial charge is 0.457 e. The summed E-state index contributed by atoms with van der Waals surface area (Å²) in [6, 6.07) is 4.00. The van der Waals surface area contributed by atoms with Gasteiger partial charge in [0.1, 0.15) is 5.60 Å². The van der Waals surface area contributed by atoms with Gasteiger partial charge in [-0.3, -0.25) is 4.79 Å². The maximum atomic E-state index is 12.6. The van der Waals surface area contributed by atoms with Crippen LogP contribution in [-0.4, -0.2) is 17.5 Å². The molecular weight excluding hydrogens is 347 g/mol. The molecule has 1 aromatic rings. The second-order valence-electron chi connectivity index (χ2n) is 7.10. The average Bonchev–Trinajstić information content (AvgIpc) is 2.50. The molecule has 4 nitrogen and oxygen atoms in total. The smallest absolute Gasteiger partial charge is 0.416 e. The first kappa shape index (κ1) is 21.7. The molecule has 144 valence electrons. The number of carbonyl (C=O) groups is 2. The van der Waals surface area contributed by atoms with Crippen molar-refractivity contribution in [1.29, 1.82) is 0 Å². The Labute approximate surface area is 151 Å². The Morgan fingerprint density at radius 1 is 1.08 bits per heavy atom. The molecule has 0 radical (unpaired) electrons. The van der Waals surface area contributed by atoms with Gasteiger partial charge in [0.2, 0.25) is 5.91 Å². The summed E-state index contributed by atoms with van der Waals surface area (Å²) in [6.07, 6.45) is -4.41. The number of benzene rings is 1. The Morgan fingerprint density at radius 3 is 2.00 bits per heavy atom. The molecule has 0 heterocycles. The molecule has 0 saturated carbocycles. The summed E-state index contributed by atoms with van der Waals surface area (Å²) in [5.41, 5.74) is -0.936. The summed E-state index contributed by atoms with van der Waals surface area (Å²) in [7, 11) is 0. The van der Waals surface area contributed by atoms with Crippen molar-refractivity contribution < 1.29 is 27.5 Å². The van der Waals surface area contributed by atoms with E-state index in [4.69, 9.17) is 4.74 Å². The van der Waals surface area contributed by atoms with Gasteiger partial charge in [0.05, 0.1) is 17.5 Å². The van der Waals surface area contributed by atoms with E-state index < -0.39 is 41.2 Å². The Kier molecular flexibility index (Phi) is 6.63. The van der Waals surface area contributed by atoms with E-state index >= 15 is 0 Å². The second-order valence-corrected chi connectivity index (χ2v) is 7.10. The van der Waals surface area contributed by atoms with E-state index in [-0.39, 0.29) is 5.57 Å². The molecule has 7 heteroatoms. The number of rotatable bonds is 5. The van der Waals surface area contributed by atoms with Crippen LogP contribution < -0.4 is 5.32 Å². The Balaban J connectivity index is 2.74. The molecule has 0 aliphatic heterocycles. The summed E-state index contributed by atoms with van der Waals surface area (Å²) in [5.74, 6) is -1.96. The van der Waals surface area contributed by atoms with Crippen molar-refractivity contribution in [1.82, 2.24) is 5.32 Å². The van der Waals surface area contributed by atoms with Crippen molar-refractivity contribution in [3.8, 4) is 0 Å². The van der Waals surface area contributed by atoms with Gasteiger partial charge >= 0.3 is 12.1 Å². The number of hydrogen-bond donors (Lipinski definition) is 1. The minimum atomic E-state index is -4.41. The zero-order valence-electron chi connectivity index (χ0n) is 15.5. The normalized spacial score (nSPS) is 14.3. The summed E-state index contributed by atoms with van der Waals surface area (Å²) in [5, 5.41) is 2.66. The minimum Gasteiger partial charge on any atom is -0.457 e. The van der Waals surface area contributed by atoms with E-state index in [1.807, 2.05) is 0 Å². The van der Waals surface area contributed by atoms with E-state index in [1.165, 1.54) is 19.1 Å². The predicted octanol–water partition coefficient (Wildman–Crippen LogP) is 4.42. The zero-order chi connectivity index (χ0) is 20.3. The van der Waals surface area contributed by atoms with E-state index in [1.54, 1.807) is 27.7 Å². The van der Waals surface area contributed by atoms with Gasteiger partial charge in [-0.2, -0.15) is 13.2 Å². The average molecular weight is 371 g/mol. The first-order valence-corrected chi connectivity index (χ1v) is 8.12. The summed E-state index contributed by atoms with van der Waals surface area (Å²) >= 11 is 0. The lowest BCUT2D eigenvalue weighted by Gasteiger charge is -2.23. The molecule has 1 N–H and O–H groups in total. The van der Waals surface area contributed by atoms with Crippen LogP contribution in [0.25, 0.3) is 0 Å². The lowest BCUT2D eigenvalue weighted by atomic mass is 10.00. The fourth-order valence-electron chi connectivity index (χ4n) is 2.06. The van der Waals surface area contributed by atoms with Crippen LogP contribution in [0.4, 0.5) is 13.2 Å². The molecule has 1 rings (SSSR count). The van der Waals surface area contributed by atoms with Crippen molar-refractivity contribution in [2.45, 2.75) is 52.4 Å². The molecule has 0 fully saturated rings. The molecular formula is C19H24F3NO3. The Morgan fingerprint density at radius 2 is 1.58 bits per heavy atom.